The zero-order valence-electron chi connectivity index (χ0n) is 17.4. The van der Waals surface area contributed by atoms with Crippen LogP contribution in [0.2, 0.25) is 0 Å². The number of carbonyl (C=O) groups is 1. The third-order valence-electron chi connectivity index (χ3n) is 5.32. The number of carbonyl (C=O) groups excluding carboxylic acids is 1. The number of para-hydroxylation sites is 1. The van der Waals surface area contributed by atoms with Crippen molar-refractivity contribution in [1.82, 2.24) is 29.6 Å². The summed E-state index contributed by atoms with van der Waals surface area (Å²) in [4.78, 5) is 34.2. The average Bonchev–Trinajstić information content (AvgIpc) is 3.42. The molecule has 9 heteroatoms. The zero-order valence-corrected chi connectivity index (χ0v) is 18.2. The van der Waals surface area contributed by atoms with E-state index in [0.717, 1.165) is 21.3 Å². The highest BCUT2D eigenvalue weighted by molar-refractivity contribution is 7.20. The fourth-order valence-corrected chi connectivity index (χ4v) is 4.45. The van der Waals surface area contributed by atoms with Crippen LogP contribution in [0.15, 0.2) is 65.8 Å². The first kappa shape index (κ1) is 20.1. The Hall–Kier alpha value is -3.85. The first-order chi connectivity index (χ1) is 15.6. The Labute approximate surface area is 187 Å². The molecule has 0 saturated carbocycles. The van der Waals surface area contributed by atoms with Gasteiger partial charge in [-0.2, -0.15) is 5.10 Å². The summed E-state index contributed by atoms with van der Waals surface area (Å²) >= 11 is 1.36. The summed E-state index contributed by atoms with van der Waals surface area (Å²) in [6.45, 7) is 3.22. The van der Waals surface area contributed by atoms with Crippen LogP contribution < -0.4 is 10.9 Å². The molecule has 0 aliphatic heterocycles. The van der Waals surface area contributed by atoms with Gasteiger partial charge >= 0.3 is 0 Å². The number of aromatic nitrogens is 5. The number of nitrogens with zero attached hydrogens (tertiary/aromatic N) is 5. The van der Waals surface area contributed by atoms with Crippen LogP contribution in [0.3, 0.4) is 0 Å². The summed E-state index contributed by atoms with van der Waals surface area (Å²) in [5.41, 5.74) is 3.37. The van der Waals surface area contributed by atoms with Gasteiger partial charge in [-0.15, -0.1) is 11.3 Å². The topological polar surface area (TPSA) is 94.7 Å². The second-order valence-corrected chi connectivity index (χ2v) is 8.48. The molecular formula is C23H20N6O2S. The maximum Gasteiger partial charge on any atom is 0.280 e. The van der Waals surface area contributed by atoms with Gasteiger partial charge in [0.25, 0.3) is 11.5 Å². The van der Waals surface area contributed by atoms with Gasteiger partial charge in [-0.25, -0.2) is 14.6 Å². The molecule has 1 N–H and O–H groups in total. The standard InChI is InChI=1S/C23H20N6O2S/c1-15-6-2-3-7-16(15)13-28-14-25-20-17(23(28)31)12-26-29(20)11-10-24-21(30)22-27-18-8-4-5-9-19(18)32-22/h2-9,12,14H,10-11,13H2,1H3,(H,24,30). The van der Waals surface area contributed by atoms with Gasteiger partial charge in [0.05, 0.1) is 29.5 Å². The van der Waals surface area contributed by atoms with Crippen LogP contribution in [0.1, 0.15) is 20.9 Å². The van der Waals surface area contributed by atoms with Crippen LogP contribution in [0.4, 0.5) is 0 Å². The van der Waals surface area contributed by atoms with Crippen LogP contribution in [-0.2, 0) is 13.1 Å². The number of amides is 1. The van der Waals surface area contributed by atoms with E-state index in [-0.39, 0.29) is 11.5 Å². The zero-order chi connectivity index (χ0) is 22.1. The molecule has 0 bridgehead atoms. The highest BCUT2D eigenvalue weighted by Gasteiger charge is 2.13. The van der Waals surface area contributed by atoms with Gasteiger partial charge in [0, 0.05) is 6.54 Å². The lowest BCUT2D eigenvalue weighted by molar-refractivity contribution is 0.0952. The fraction of sp³-hybridized carbons (Fsp3) is 0.174. The molecule has 0 radical (unpaired) electrons. The predicted octanol–water partition coefficient (Wildman–Crippen LogP) is 2.99. The lowest BCUT2D eigenvalue weighted by atomic mass is 10.1. The van der Waals surface area contributed by atoms with Crippen molar-refractivity contribution in [1.29, 1.82) is 0 Å². The van der Waals surface area contributed by atoms with E-state index in [1.54, 1.807) is 15.6 Å². The fourth-order valence-electron chi connectivity index (χ4n) is 3.57. The van der Waals surface area contributed by atoms with E-state index >= 15 is 0 Å². The molecule has 5 aromatic rings. The third-order valence-corrected chi connectivity index (χ3v) is 6.36. The smallest absolute Gasteiger partial charge is 0.280 e. The monoisotopic (exact) mass is 444 g/mol. The number of aryl methyl sites for hydroxylation is 1. The summed E-state index contributed by atoms with van der Waals surface area (Å²) < 4.78 is 4.20. The van der Waals surface area contributed by atoms with E-state index in [2.05, 4.69) is 20.4 Å². The third kappa shape index (κ3) is 3.78. The minimum atomic E-state index is -0.226. The molecule has 0 saturated heterocycles. The quantitative estimate of drug-likeness (QED) is 0.434. The maximum absolute atomic E-state index is 12.9. The Bertz CT molecular complexity index is 1470. The molecule has 8 nitrogen and oxygen atoms in total. The molecule has 2 aromatic carbocycles. The van der Waals surface area contributed by atoms with Crippen LogP contribution in [0.25, 0.3) is 21.3 Å². The number of benzene rings is 2. The molecule has 0 fully saturated rings. The van der Waals surface area contributed by atoms with Gasteiger partial charge in [-0.05, 0) is 30.2 Å². The summed E-state index contributed by atoms with van der Waals surface area (Å²) in [6.07, 6.45) is 3.09. The van der Waals surface area contributed by atoms with E-state index in [0.29, 0.717) is 35.7 Å². The molecule has 3 heterocycles. The van der Waals surface area contributed by atoms with Crippen molar-refractivity contribution in [2.24, 2.45) is 0 Å². The number of fused-ring (bicyclic) bond motifs is 2. The second kappa shape index (κ2) is 8.35. The van der Waals surface area contributed by atoms with Crippen molar-refractivity contribution in [3.05, 3.63) is 87.5 Å². The van der Waals surface area contributed by atoms with Gasteiger partial charge in [-0.3, -0.25) is 14.2 Å². The van der Waals surface area contributed by atoms with Crippen LogP contribution in [0.5, 0.6) is 0 Å². The van der Waals surface area contributed by atoms with Crippen molar-refractivity contribution in [2.75, 3.05) is 6.54 Å². The highest BCUT2D eigenvalue weighted by atomic mass is 32.1. The van der Waals surface area contributed by atoms with Gasteiger partial charge < -0.3 is 5.32 Å². The number of hydrogen-bond acceptors (Lipinski definition) is 6. The Morgan fingerprint density at radius 2 is 1.94 bits per heavy atom. The highest BCUT2D eigenvalue weighted by Crippen LogP contribution is 2.21. The number of hydrogen-bond donors (Lipinski definition) is 1. The van der Waals surface area contributed by atoms with E-state index in [4.69, 9.17) is 0 Å². The summed E-state index contributed by atoms with van der Waals surface area (Å²) in [6, 6.07) is 15.6. The van der Waals surface area contributed by atoms with E-state index in [1.165, 1.54) is 17.5 Å². The molecule has 0 atom stereocenters. The van der Waals surface area contributed by atoms with Crippen molar-refractivity contribution < 1.29 is 4.79 Å². The minimum absolute atomic E-state index is 0.136. The predicted molar refractivity (Wildman–Crippen MR) is 124 cm³/mol. The Balaban J connectivity index is 1.29. The number of thiazole rings is 1. The SMILES string of the molecule is Cc1ccccc1Cn1cnc2c(cnn2CCNC(=O)c2nc3ccccc3s2)c1=O. The Morgan fingerprint density at radius 1 is 1.12 bits per heavy atom. The lowest BCUT2D eigenvalue weighted by Gasteiger charge is -2.09. The minimum Gasteiger partial charge on any atom is -0.348 e. The summed E-state index contributed by atoms with van der Waals surface area (Å²) in [7, 11) is 0. The van der Waals surface area contributed by atoms with E-state index in [9.17, 15) is 9.59 Å². The molecular weight excluding hydrogens is 424 g/mol. The Morgan fingerprint density at radius 3 is 2.78 bits per heavy atom. The number of nitrogens with one attached hydrogen (secondary N) is 1. The average molecular weight is 445 g/mol. The Kier molecular flexibility index (Phi) is 5.24. The van der Waals surface area contributed by atoms with Crippen LogP contribution >= 0.6 is 11.3 Å². The van der Waals surface area contributed by atoms with Crippen molar-refractivity contribution in [3.63, 3.8) is 0 Å². The van der Waals surface area contributed by atoms with Gasteiger partial charge in [0.1, 0.15) is 11.7 Å². The van der Waals surface area contributed by atoms with Crippen molar-refractivity contribution in [3.8, 4) is 0 Å². The van der Waals surface area contributed by atoms with Gasteiger partial charge in [-0.1, -0.05) is 36.4 Å². The maximum atomic E-state index is 12.9. The summed E-state index contributed by atoms with van der Waals surface area (Å²) in [5, 5.41) is 8.05. The van der Waals surface area contributed by atoms with Crippen LogP contribution in [-0.4, -0.2) is 36.8 Å². The normalized spacial score (nSPS) is 11.3. The first-order valence-electron chi connectivity index (χ1n) is 10.2. The van der Waals surface area contributed by atoms with Gasteiger partial charge in [0.15, 0.2) is 10.7 Å². The molecule has 0 spiro atoms. The molecule has 32 heavy (non-hydrogen) atoms. The molecule has 3 aromatic heterocycles. The molecule has 0 aliphatic carbocycles. The van der Waals surface area contributed by atoms with E-state index < -0.39 is 0 Å². The molecule has 0 aliphatic rings. The van der Waals surface area contributed by atoms with Crippen molar-refractivity contribution in [2.45, 2.75) is 20.0 Å². The molecule has 0 unspecified atom stereocenters. The number of rotatable bonds is 6. The molecule has 5 rings (SSSR count). The summed E-state index contributed by atoms with van der Waals surface area (Å²) in [5.74, 6) is -0.226. The largest absolute Gasteiger partial charge is 0.348 e. The first-order valence-corrected chi connectivity index (χ1v) is 11.0. The second-order valence-electron chi connectivity index (χ2n) is 7.45. The van der Waals surface area contributed by atoms with Crippen molar-refractivity contribution >= 4 is 38.5 Å². The molecule has 160 valence electrons. The van der Waals surface area contributed by atoms with Crippen LogP contribution in [0, 0.1) is 6.92 Å². The van der Waals surface area contributed by atoms with Gasteiger partial charge in [0.2, 0.25) is 0 Å². The lowest BCUT2D eigenvalue weighted by Crippen LogP contribution is -2.27. The molecule has 1 amide bonds. The van der Waals surface area contributed by atoms with E-state index in [1.807, 2.05) is 55.5 Å².